The quantitative estimate of drug-likeness (QED) is 0.679. The molecular formula is C8H15N5. The van der Waals surface area contributed by atoms with E-state index in [0.29, 0.717) is 6.54 Å². The van der Waals surface area contributed by atoms with Crippen LogP contribution in [0.4, 0.5) is 11.6 Å². The fourth-order valence-corrected chi connectivity index (χ4v) is 0.889. The van der Waals surface area contributed by atoms with Gasteiger partial charge in [-0.2, -0.15) is 0 Å². The van der Waals surface area contributed by atoms with Gasteiger partial charge in [0.15, 0.2) is 0 Å². The molecule has 13 heavy (non-hydrogen) atoms. The standard InChI is InChI=1S/C8H15N5/c1-13(2)8-5-7(10-4-3-9)11-6-12-8/h5-6H,3-4,9H2,1-2H3,(H,10,11,12). The van der Waals surface area contributed by atoms with E-state index in [1.807, 2.05) is 25.1 Å². The van der Waals surface area contributed by atoms with E-state index in [4.69, 9.17) is 5.73 Å². The van der Waals surface area contributed by atoms with Crippen molar-refractivity contribution in [3.05, 3.63) is 12.4 Å². The summed E-state index contributed by atoms with van der Waals surface area (Å²) in [7, 11) is 3.88. The number of rotatable bonds is 4. The van der Waals surface area contributed by atoms with Gasteiger partial charge in [0.25, 0.3) is 0 Å². The molecule has 0 aliphatic rings. The fraction of sp³-hybridized carbons (Fsp3) is 0.500. The first-order valence-electron chi connectivity index (χ1n) is 4.17. The summed E-state index contributed by atoms with van der Waals surface area (Å²) in [5.41, 5.74) is 5.36. The van der Waals surface area contributed by atoms with Crippen LogP contribution < -0.4 is 16.0 Å². The van der Waals surface area contributed by atoms with Crippen molar-refractivity contribution in [2.45, 2.75) is 0 Å². The van der Waals surface area contributed by atoms with Crippen molar-refractivity contribution in [2.75, 3.05) is 37.4 Å². The number of hydrogen-bond acceptors (Lipinski definition) is 5. The van der Waals surface area contributed by atoms with Crippen LogP contribution in [-0.4, -0.2) is 37.2 Å². The molecule has 0 aliphatic carbocycles. The summed E-state index contributed by atoms with van der Waals surface area (Å²) < 4.78 is 0. The van der Waals surface area contributed by atoms with Crippen LogP contribution in [0.15, 0.2) is 12.4 Å². The summed E-state index contributed by atoms with van der Waals surface area (Å²) in [6.07, 6.45) is 1.54. The lowest BCUT2D eigenvalue weighted by atomic mass is 10.5. The van der Waals surface area contributed by atoms with E-state index in [1.165, 1.54) is 6.33 Å². The molecule has 0 atom stereocenters. The maximum absolute atomic E-state index is 5.36. The van der Waals surface area contributed by atoms with Crippen molar-refractivity contribution in [3.63, 3.8) is 0 Å². The molecule has 0 spiro atoms. The van der Waals surface area contributed by atoms with Crippen molar-refractivity contribution < 1.29 is 0 Å². The highest BCUT2D eigenvalue weighted by molar-refractivity contribution is 5.47. The van der Waals surface area contributed by atoms with Gasteiger partial charge in [0, 0.05) is 33.3 Å². The van der Waals surface area contributed by atoms with E-state index in [0.717, 1.165) is 18.2 Å². The van der Waals surface area contributed by atoms with E-state index in [9.17, 15) is 0 Å². The minimum absolute atomic E-state index is 0.599. The van der Waals surface area contributed by atoms with Gasteiger partial charge in [0.1, 0.15) is 18.0 Å². The van der Waals surface area contributed by atoms with Crippen LogP contribution in [-0.2, 0) is 0 Å². The molecule has 0 unspecified atom stereocenters. The molecule has 5 heteroatoms. The second-order valence-electron chi connectivity index (χ2n) is 2.87. The smallest absolute Gasteiger partial charge is 0.133 e. The van der Waals surface area contributed by atoms with Gasteiger partial charge in [0.2, 0.25) is 0 Å². The minimum atomic E-state index is 0.599. The third-order valence-electron chi connectivity index (χ3n) is 1.56. The van der Waals surface area contributed by atoms with E-state index in [2.05, 4.69) is 15.3 Å². The van der Waals surface area contributed by atoms with Gasteiger partial charge in [-0.25, -0.2) is 9.97 Å². The Morgan fingerprint density at radius 3 is 2.85 bits per heavy atom. The van der Waals surface area contributed by atoms with Crippen molar-refractivity contribution in [3.8, 4) is 0 Å². The summed E-state index contributed by atoms with van der Waals surface area (Å²) in [6.45, 7) is 1.32. The molecule has 0 aliphatic heterocycles. The molecule has 5 nitrogen and oxygen atoms in total. The van der Waals surface area contributed by atoms with Crippen LogP contribution in [0.2, 0.25) is 0 Å². The number of anilines is 2. The largest absolute Gasteiger partial charge is 0.369 e. The number of hydrogen-bond donors (Lipinski definition) is 2. The third kappa shape index (κ3) is 2.87. The number of aromatic nitrogens is 2. The van der Waals surface area contributed by atoms with Gasteiger partial charge in [-0.05, 0) is 0 Å². The monoisotopic (exact) mass is 181 g/mol. The van der Waals surface area contributed by atoms with Gasteiger partial charge in [-0.1, -0.05) is 0 Å². The number of nitrogens with two attached hydrogens (primary N) is 1. The molecule has 0 radical (unpaired) electrons. The van der Waals surface area contributed by atoms with Crippen LogP contribution >= 0.6 is 0 Å². The highest BCUT2D eigenvalue weighted by Gasteiger charge is 1.98. The van der Waals surface area contributed by atoms with E-state index in [1.54, 1.807) is 0 Å². The average Bonchev–Trinajstić information content (AvgIpc) is 2.15. The van der Waals surface area contributed by atoms with Crippen LogP contribution in [0.5, 0.6) is 0 Å². The molecule has 0 amide bonds. The molecule has 0 saturated carbocycles. The predicted molar refractivity (Wildman–Crippen MR) is 53.9 cm³/mol. The molecule has 0 saturated heterocycles. The molecule has 0 bridgehead atoms. The third-order valence-corrected chi connectivity index (χ3v) is 1.56. The maximum Gasteiger partial charge on any atom is 0.133 e. The Morgan fingerprint density at radius 2 is 2.23 bits per heavy atom. The van der Waals surface area contributed by atoms with Gasteiger partial charge in [-0.3, -0.25) is 0 Å². The number of nitrogens with one attached hydrogen (secondary N) is 1. The van der Waals surface area contributed by atoms with Gasteiger partial charge in [0.05, 0.1) is 0 Å². The van der Waals surface area contributed by atoms with E-state index < -0.39 is 0 Å². The summed E-state index contributed by atoms with van der Waals surface area (Å²) in [4.78, 5) is 10.1. The van der Waals surface area contributed by atoms with Crippen LogP contribution in [0.3, 0.4) is 0 Å². The van der Waals surface area contributed by atoms with Crippen LogP contribution in [0.1, 0.15) is 0 Å². The van der Waals surface area contributed by atoms with Crippen molar-refractivity contribution in [1.29, 1.82) is 0 Å². The second kappa shape index (κ2) is 4.61. The normalized spacial score (nSPS) is 9.77. The second-order valence-corrected chi connectivity index (χ2v) is 2.87. The molecule has 72 valence electrons. The summed E-state index contributed by atoms with van der Waals surface area (Å²) >= 11 is 0. The Balaban J connectivity index is 2.68. The Morgan fingerprint density at radius 1 is 1.46 bits per heavy atom. The van der Waals surface area contributed by atoms with Crippen molar-refractivity contribution >= 4 is 11.6 Å². The molecule has 0 aromatic carbocycles. The van der Waals surface area contributed by atoms with Crippen molar-refractivity contribution in [1.82, 2.24) is 9.97 Å². The topological polar surface area (TPSA) is 67.1 Å². The lowest BCUT2D eigenvalue weighted by Gasteiger charge is -2.11. The lowest BCUT2D eigenvalue weighted by molar-refractivity contribution is 0.991. The molecule has 1 aromatic rings. The highest BCUT2D eigenvalue weighted by Crippen LogP contribution is 2.09. The summed E-state index contributed by atoms with van der Waals surface area (Å²) in [6, 6.07) is 1.88. The number of nitrogens with zero attached hydrogens (tertiary/aromatic N) is 3. The first kappa shape index (κ1) is 9.73. The maximum atomic E-state index is 5.36. The zero-order chi connectivity index (χ0) is 9.68. The Kier molecular flexibility index (Phi) is 3.45. The Labute approximate surface area is 78.0 Å². The van der Waals surface area contributed by atoms with Crippen LogP contribution in [0, 0.1) is 0 Å². The molecule has 1 rings (SSSR count). The molecule has 1 heterocycles. The minimum Gasteiger partial charge on any atom is -0.369 e. The Bertz CT molecular complexity index is 260. The van der Waals surface area contributed by atoms with Gasteiger partial charge in [-0.15, -0.1) is 0 Å². The first-order valence-corrected chi connectivity index (χ1v) is 4.17. The lowest BCUT2D eigenvalue weighted by Crippen LogP contribution is -2.15. The predicted octanol–water partition coefficient (Wildman–Crippen LogP) is -0.0868. The van der Waals surface area contributed by atoms with Crippen molar-refractivity contribution in [2.24, 2.45) is 5.73 Å². The van der Waals surface area contributed by atoms with Gasteiger partial charge < -0.3 is 16.0 Å². The summed E-state index contributed by atoms with van der Waals surface area (Å²) in [5.74, 6) is 1.69. The first-order chi connectivity index (χ1) is 6.24. The van der Waals surface area contributed by atoms with Crippen LogP contribution in [0.25, 0.3) is 0 Å². The molecular weight excluding hydrogens is 166 g/mol. The highest BCUT2D eigenvalue weighted by atomic mass is 15.2. The SMILES string of the molecule is CN(C)c1cc(NCCN)ncn1. The molecule has 0 fully saturated rings. The Hall–Kier alpha value is -1.36. The van der Waals surface area contributed by atoms with E-state index >= 15 is 0 Å². The summed E-state index contributed by atoms with van der Waals surface area (Å²) in [5, 5.41) is 3.09. The molecule has 1 aromatic heterocycles. The van der Waals surface area contributed by atoms with Gasteiger partial charge >= 0.3 is 0 Å². The van der Waals surface area contributed by atoms with E-state index in [-0.39, 0.29) is 0 Å². The zero-order valence-corrected chi connectivity index (χ0v) is 7.99. The fourth-order valence-electron chi connectivity index (χ4n) is 0.889. The molecule has 3 N–H and O–H groups in total. The average molecular weight is 181 g/mol. The zero-order valence-electron chi connectivity index (χ0n) is 7.99.